The van der Waals surface area contributed by atoms with Crippen LogP contribution in [-0.2, 0) is 0 Å². The average Bonchev–Trinajstić information content (AvgIpc) is 2.93. The van der Waals surface area contributed by atoms with Gasteiger partial charge >= 0.3 is 0 Å². The lowest BCUT2D eigenvalue weighted by Gasteiger charge is -2.36. The molecular formula is C17H23ClN2O. The van der Waals surface area contributed by atoms with Crippen molar-refractivity contribution in [1.82, 2.24) is 9.55 Å². The maximum absolute atomic E-state index is 11.0. The van der Waals surface area contributed by atoms with Gasteiger partial charge in [-0.3, -0.25) is 0 Å². The third-order valence-electron chi connectivity index (χ3n) is 4.03. The average molecular weight is 307 g/mol. The molecule has 0 bridgehead atoms. The number of aliphatic hydroxyl groups is 1. The van der Waals surface area contributed by atoms with Gasteiger partial charge in [-0.15, -0.1) is 0 Å². The second kappa shape index (κ2) is 6.63. The monoisotopic (exact) mass is 306 g/mol. The van der Waals surface area contributed by atoms with Gasteiger partial charge in [0.25, 0.3) is 0 Å². The lowest BCUT2D eigenvalue weighted by Crippen LogP contribution is -2.37. The third kappa shape index (κ3) is 3.66. The summed E-state index contributed by atoms with van der Waals surface area (Å²) in [5.74, 6) is 0. The molecule has 114 valence electrons. The van der Waals surface area contributed by atoms with Crippen molar-refractivity contribution in [2.24, 2.45) is 5.41 Å². The van der Waals surface area contributed by atoms with E-state index in [1.807, 2.05) is 35.0 Å². The molecule has 1 N–H and O–H groups in total. The zero-order chi connectivity index (χ0) is 15.5. The van der Waals surface area contributed by atoms with Gasteiger partial charge < -0.3 is 9.67 Å². The fourth-order valence-electron chi connectivity index (χ4n) is 2.86. The number of hydrogen-bond donors (Lipinski definition) is 1. The fourth-order valence-corrected chi connectivity index (χ4v) is 3.06. The van der Waals surface area contributed by atoms with Crippen LogP contribution < -0.4 is 0 Å². The maximum Gasteiger partial charge on any atom is 0.0952 e. The molecule has 0 amide bonds. The number of rotatable bonds is 6. The number of halogens is 1. The van der Waals surface area contributed by atoms with Crippen LogP contribution in [0.5, 0.6) is 0 Å². The molecule has 4 heteroatoms. The first-order valence-electron chi connectivity index (χ1n) is 7.36. The predicted molar refractivity (Wildman–Crippen MR) is 86.5 cm³/mol. The fraction of sp³-hybridized carbons (Fsp3) is 0.471. The highest BCUT2D eigenvalue weighted by molar-refractivity contribution is 6.30. The Hall–Kier alpha value is -1.32. The quantitative estimate of drug-likeness (QED) is 0.863. The zero-order valence-electron chi connectivity index (χ0n) is 12.8. The first kappa shape index (κ1) is 16.1. The van der Waals surface area contributed by atoms with Crippen LogP contribution in [0.25, 0.3) is 0 Å². The number of nitrogens with zero attached hydrogens (tertiary/aromatic N) is 2. The van der Waals surface area contributed by atoms with E-state index in [2.05, 4.69) is 25.8 Å². The predicted octanol–water partition coefficient (Wildman–Crippen LogP) is 4.31. The van der Waals surface area contributed by atoms with Crippen LogP contribution in [0.2, 0.25) is 5.02 Å². The Morgan fingerprint density at radius 3 is 2.71 bits per heavy atom. The van der Waals surface area contributed by atoms with Crippen molar-refractivity contribution in [2.45, 2.75) is 45.8 Å². The summed E-state index contributed by atoms with van der Waals surface area (Å²) in [7, 11) is 0. The van der Waals surface area contributed by atoms with Gasteiger partial charge in [0, 0.05) is 17.4 Å². The molecular weight excluding hydrogens is 284 g/mol. The minimum Gasteiger partial charge on any atom is -0.390 e. The Morgan fingerprint density at radius 1 is 1.38 bits per heavy atom. The minimum atomic E-state index is -0.523. The van der Waals surface area contributed by atoms with Gasteiger partial charge in [0.15, 0.2) is 0 Å². The second-order valence-electron chi connectivity index (χ2n) is 6.19. The van der Waals surface area contributed by atoms with Crippen LogP contribution in [0, 0.1) is 5.41 Å². The highest BCUT2D eigenvalue weighted by Crippen LogP contribution is 2.37. The van der Waals surface area contributed by atoms with Crippen LogP contribution in [0.4, 0.5) is 0 Å². The van der Waals surface area contributed by atoms with E-state index >= 15 is 0 Å². The van der Waals surface area contributed by atoms with Gasteiger partial charge in [0.2, 0.25) is 0 Å². The summed E-state index contributed by atoms with van der Waals surface area (Å²) in [6, 6.07) is 7.49. The molecule has 2 atom stereocenters. The summed E-state index contributed by atoms with van der Waals surface area (Å²) in [6.07, 6.45) is 6.84. The topological polar surface area (TPSA) is 38.0 Å². The van der Waals surface area contributed by atoms with Crippen molar-refractivity contribution >= 4 is 11.6 Å². The molecule has 0 saturated carbocycles. The van der Waals surface area contributed by atoms with Crippen molar-refractivity contribution in [2.75, 3.05) is 0 Å². The molecule has 0 saturated heterocycles. The largest absolute Gasteiger partial charge is 0.390 e. The second-order valence-corrected chi connectivity index (χ2v) is 6.63. The standard InChI is InChI=1S/C17H23ClN2O/c1-4-8-17(2,3)16(21)15(20-10-9-19-12-20)13-6-5-7-14(18)11-13/h5-7,9-12,15-16,21H,4,8H2,1-3H3. The number of hydrogen-bond acceptors (Lipinski definition) is 2. The van der Waals surface area contributed by atoms with Crippen molar-refractivity contribution < 1.29 is 5.11 Å². The summed E-state index contributed by atoms with van der Waals surface area (Å²) in [5.41, 5.74) is 0.809. The lowest BCUT2D eigenvalue weighted by atomic mass is 9.77. The van der Waals surface area contributed by atoms with E-state index in [1.54, 1.807) is 12.5 Å². The van der Waals surface area contributed by atoms with E-state index < -0.39 is 6.10 Å². The van der Waals surface area contributed by atoms with Crippen LogP contribution in [0.15, 0.2) is 43.0 Å². The molecule has 0 fully saturated rings. The molecule has 0 spiro atoms. The summed E-state index contributed by atoms with van der Waals surface area (Å²) in [6.45, 7) is 6.35. The molecule has 21 heavy (non-hydrogen) atoms. The summed E-state index contributed by atoms with van der Waals surface area (Å²) in [5, 5.41) is 11.7. The van der Waals surface area contributed by atoms with E-state index in [1.165, 1.54) is 0 Å². The SMILES string of the molecule is CCCC(C)(C)C(O)C(c1cccc(Cl)c1)n1ccnc1. The zero-order valence-corrected chi connectivity index (χ0v) is 13.6. The lowest BCUT2D eigenvalue weighted by molar-refractivity contribution is 0.0128. The van der Waals surface area contributed by atoms with Crippen molar-refractivity contribution in [3.63, 3.8) is 0 Å². The van der Waals surface area contributed by atoms with E-state index in [-0.39, 0.29) is 11.5 Å². The van der Waals surface area contributed by atoms with Crippen molar-refractivity contribution in [3.8, 4) is 0 Å². The maximum atomic E-state index is 11.0. The van der Waals surface area contributed by atoms with Gasteiger partial charge in [-0.05, 0) is 29.5 Å². The molecule has 1 aromatic carbocycles. The molecule has 2 rings (SSSR count). The summed E-state index contributed by atoms with van der Waals surface area (Å²) >= 11 is 6.12. The molecule has 0 aliphatic heterocycles. The van der Waals surface area contributed by atoms with Crippen molar-refractivity contribution in [1.29, 1.82) is 0 Å². The van der Waals surface area contributed by atoms with Crippen molar-refractivity contribution in [3.05, 3.63) is 53.6 Å². The Bertz CT molecular complexity index is 566. The van der Waals surface area contributed by atoms with Crippen LogP contribution in [-0.4, -0.2) is 20.8 Å². The summed E-state index contributed by atoms with van der Waals surface area (Å²) < 4.78 is 1.95. The molecule has 0 aliphatic rings. The Kier molecular flexibility index (Phi) is 5.07. The normalized spacial score (nSPS) is 14.9. The number of benzene rings is 1. The van der Waals surface area contributed by atoms with E-state index in [0.717, 1.165) is 18.4 Å². The van der Waals surface area contributed by atoms with Crippen LogP contribution in [0.3, 0.4) is 0 Å². The molecule has 3 nitrogen and oxygen atoms in total. The van der Waals surface area contributed by atoms with E-state index in [9.17, 15) is 5.11 Å². The molecule has 1 heterocycles. The highest BCUT2D eigenvalue weighted by Gasteiger charge is 2.35. The summed E-state index contributed by atoms with van der Waals surface area (Å²) in [4.78, 5) is 4.12. The van der Waals surface area contributed by atoms with Gasteiger partial charge in [-0.25, -0.2) is 4.98 Å². The van der Waals surface area contributed by atoms with E-state index in [4.69, 9.17) is 11.6 Å². The Morgan fingerprint density at radius 2 is 2.14 bits per heavy atom. The van der Waals surface area contributed by atoms with E-state index in [0.29, 0.717) is 5.02 Å². The number of aliphatic hydroxyl groups excluding tert-OH is 1. The molecule has 0 aliphatic carbocycles. The molecule has 1 aromatic heterocycles. The first-order chi connectivity index (χ1) is 9.95. The molecule has 2 unspecified atom stereocenters. The highest BCUT2D eigenvalue weighted by atomic mass is 35.5. The molecule has 2 aromatic rings. The number of aromatic nitrogens is 2. The van der Waals surface area contributed by atoms with Crippen LogP contribution >= 0.6 is 11.6 Å². The Labute approximate surface area is 131 Å². The minimum absolute atomic E-state index is 0.187. The number of imidazole rings is 1. The van der Waals surface area contributed by atoms with Gasteiger partial charge in [0.1, 0.15) is 0 Å². The van der Waals surface area contributed by atoms with Crippen LogP contribution in [0.1, 0.15) is 45.2 Å². The third-order valence-corrected chi connectivity index (χ3v) is 4.27. The smallest absolute Gasteiger partial charge is 0.0952 e. The van der Waals surface area contributed by atoms with Gasteiger partial charge in [-0.1, -0.05) is 50.9 Å². The Balaban J connectivity index is 2.42. The molecule has 0 radical (unpaired) electrons. The van der Waals surface area contributed by atoms with Gasteiger partial charge in [0.05, 0.1) is 18.5 Å². The first-order valence-corrected chi connectivity index (χ1v) is 7.74. The van der Waals surface area contributed by atoms with Gasteiger partial charge in [-0.2, -0.15) is 0 Å².